The van der Waals surface area contributed by atoms with Crippen molar-refractivity contribution in [1.29, 1.82) is 0 Å². The minimum Gasteiger partial charge on any atom is -0.504 e. The quantitative estimate of drug-likeness (QED) is 0.868. The van der Waals surface area contributed by atoms with Gasteiger partial charge in [0, 0.05) is 30.9 Å². The molecule has 0 unspecified atom stereocenters. The van der Waals surface area contributed by atoms with Crippen LogP contribution in [0.15, 0.2) is 24.3 Å². The first kappa shape index (κ1) is 12.3. The zero-order valence-corrected chi connectivity index (χ0v) is 10.8. The number of rotatable bonds is 4. The van der Waals surface area contributed by atoms with Gasteiger partial charge in [-0.2, -0.15) is 5.10 Å². The first-order valence-corrected chi connectivity index (χ1v) is 5.71. The molecule has 5 heteroatoms. The molecule has 0 bridgehead atoms. The molecule has 2 N–H and O–H groups in total. The van der Waals surface area contributed by atoms with E-state index in [0.717, 1.165) is 17.1 Å². The molecule has 1 aromatic heterocycles. The molecule has 0 aliphatic rings. The summed E-state index contributed by atoms with van der Waals surface area (Å²) in [6.07, 6.45) is 0. The van der Waals surface area contributed by atoms with Crippen LogP contribution >= 0.6 is 0 Å². The standard InChI is InChI=1S/C13H17N3O2/c1-9-7-12(15-16(9)2)14-8-10-5-4-6-11(18-3)13(10)17/h4-7,17H,8H2,1-3H3,(H,14,15). The molecule has 96 valence electrons. The van der Waals surface area contributed by atoms with E-state index in [1.807, 2.05) is 32.2 Å². The Labute approximate surface area is 106 Å². The number of phenolic OH excluding ortho intramolecular Hbond substituents is 1. The lowest BCUT2D eigenvalue weighted by Crippen LogP contribution is -2.01. The molecule has 1 heterocycles. The number of anilines is 1. The summed E-state index contributed by atoms with van der Waals surface area (Å²) in [6.45, 7) is 2.49. The van der Waals surface area contributed by atoms with Crippen LogP contribution in [0.4, 0.5) is 5.82 Å². The lowest BCUT2D eigenvalue weighted by molar-refractivity contribution is 0.371. The number of phenols is 1. The Morgan fingerprint density at radius 3 is 2.83 bits per heavy atom. The Balaban J connectivity index is 2.10. The van der Waals surface area contributed by atoms with Crippen molar-refractivity contribution in [3.05, 3.63) is 35.5 Å². The van der Waals surface area contributed by atoms with Gasteiger partial charge in [-0.25, -0.2) is 0 Å². The van der Waals surface area contributed by atoms with Crippen molar-refractivity contribution >= 4 is 5.82 Å². The van der Waals surface area contributed by atoms with Crippen LogP contribution < -0.4 is 10.1 Å². The Morgan fingerprint density at radius 1 is 1.44 bits per heavy atom. The fourth-order valence-corrected chi connectivity index (χ4v) is 1.71. The minimum atomic E-state index is 0.167. The normalized spacial score (nSPS) is 10.4. The molecule has 0 radical (unpaired) electrons. The summed E-state index contributed by atoms with van der Waals surface area (Å²) in [5, 5.41) is 17.4. The van der Waals surface area contributed by atoms with E-state index in [4.69, 9.17) is 4.74 Å². The van der Waals surface area contributed by atoms with Gasteiger partial charge in [0.15, 0.2) is 11.5 Å². The van der Waals surface area contributed by atoms with Crippen molar-refractivity contribution in [2.24, 2.45) is 7.05 Å². The molecule has 0 spiro atoms. The first-order chi connectivity index (χ1) is 8.61. The zero-order valence-electron chi connectivity index (χ0n) is 10.8. The second-order valence-electron chi connectivity index (χ2n) is 4.12. The number of para-hydroxylation sites is 1. The summed E-state index contributed by atoms with van der Waals surface area (Å²) in [7, 11) is 3.43. The van der Waals surface area contributed by atoms with Gasteiger partial charge in [-0.15, -0.1) is 0 Å². The topological polar surface area (TPSA) is 59.3 Å². The lowest BCUT2D eigenvalue weighted by atomic mass is 10.2. The maximum atomic E-state index is 9.94. The highest BCUT2D eigenvalue weighted by molar-refractivity contribution is 5.47. The SMILES string of the molecule is COc1cccc(CNc2cc(C)n(C)n2)c1O. The molecule has 0 aliphatic heterocycles. The van der Waals surface area contributed by atoms with Crippen molar-refractivity contribution in [2.45, 2.75) is 13.5 Å². The van der Waals surface area contributed by atoms with Gasteiger partial charge < -0.3 is 15.2 Å². The van der Waals surface area contributed by atoms with Crippen molar-refractivity contribution in [3.8, 4) is 11.5 Å². The van der Waals surface area contributed by atoms with Crippen molar-refractivity contribution < 1.29 is 9.84 Å². The van der Waals surface area contributed by atoms with E-state index < -0.39 is 0 Å². The molecule has 5 nitrogen and oxygen atoms in total. The summed E-state index contributed by atoms with van der Waals surface area (Å²) in [6, 6.07) is 7.38. The van der Waals surface area contributed by atoms with Crippen LogP contribution in [0.1, 0.15) is 11.3 Å². The highest BCUT2D eigenvalue weighted by atomic mass is 16.5. The molecule has 0 amide bonds. The molecule has 2 aromatic rings. The number of aromatic hydroxyl groups is 1. The maximum Gasteiger partial charge on any atom is 0.162 e. The number of benzene rings is 1. The molecule has 0 atom stereocenters. The average molecular weight is 247 g/mol. The largest absolute Gasteiger partial charge is 0.504 e. The number of hydrogen-bond acceptors (Lipinski definition) is 4. The molecule has 2 rings (SSSR count). The predicted molar refractivity (Wildman–Crippen MR) is 69.9 cm³/mol. The van der Waals surface area contributed by atoms with Crippen LogP contribution in [0.5, 0.6) is 11.5 Å². The second kappa shape index (κ2) is 5.00. The molecular weight excluding hydrogens is 230 g/mol. The third-order valence-electron chi connectivity index (χ3n) is 2.88. The van der Waals surface area contributed by atoms with E-state index in [1.165, 1.54) is 7.11 Å². The molecule has 0 saturated heterocycles. The van der Waals surface area contributed by atoms with Crippen LogP contribution in [0.3, 0.4) is 0 Å². The van der Waals surface area contributed by atoms with Gasteiger partial charge >= 0.3 is 0 Å². The van der Waals surface area contributed by atoms with Crippen LogP contribution in [0.2, 0.25) is 0 Å². The van der Waals surface area contributed by atoms with E-state index in [1.54, 1.807) is 10.7 Å². The zero-order chi connectivity index (χ0) is 13.1. The van der Waals surface area contributed by atoms with Gasteiger partial charge in [0.25, 0.3) is 0 Å². The molecular formula is C13H17N3O2. The number of nitrogens with zero attached hydrogens (tertiary/aromatic N) is 2. The van der Waals surface area contributed by atoms with Crippen LogP contribution in [-0.4, -0.2) is 22.0 Å². The van der Waals surface area contributed by atoms with Gasteiger partial charge in [0.05, 0.1) is 7.11 Å². The van der Waals surface area contributed by atoms with Gasteiger partial charge in [-0.3, -0.25) is 4.68 Å². The summed E-state index contributed by atoms with van der Waals surface area (Å²) < 4.78 is 6.86. The number of aryl methyl sites for hydroxylation is 2. The van der Waals surface area contributed by atoms with Crippen molar-refractivity contribution in [3.63, 3.8) is 0 Å². The Bertz CT molecular complexity index is 530. The molecule has 18 heavy (non-hydrogen) atoms. The monoisotopic (exact) mass is 247 g/mol. The Morgan fingerprint density at radius 2 is 2.22 bits per heavy atom. The van der Waals surface area contributed by atoms with E-state index in [0.29, 0.717) is 12.3 Å². The van der Waals surface area contributed by atoms with E-state index in [2.05, 4.69) is 10.4 Å². The lowest BCUT2D eigenvalue weighted by Gasteiger charge is -2.09. The number of methoxy groups -OCH3 is 1. The fraction of sp³-hybridized carbons (Fsp3) is 0.308. The summed E-state index contributed by atoms with van der Waals surface area (Å²) in [5.41, 5.74) is 1.85. The number of nitrogens with one attached hydrogen (secondary N) is 1. The highest BCUT2D eigenvalue weighted by Crippen LogP contribution is 2.29. The van der Waals surface area contributed by atoms with Gasteiger partial charge in [0.2, 0.25) is 0 Å². The highest BCUT2D eigenvalue weighted by Gasteiger charge is 2.07. The summed E-state index contributed by atoms with van der Waals surface area (Å²) >= 11 is 0. The maximum absolute atomic E-state index is 9.94. The van der Waals surface area contributed by atoms with E-state index in [-0.39, 0.29) is 5.75 Å². The predicted octanol–water partition coefficient (Wildman–Crippen LogP) is 2.05. The third kappa shape index (κ3) is 2.40. The first-order valence-electron chi connectivity index (χ1n) is 5.71. The number of ether oxygens (including phenoxy) is 1. The Hall–Kier alpha value is -2.17. The minimum absolute atomic E-state index is 0.167. The van der Waals surface area contributed by atoms with E-state index >= 15 is 0 Å². The third-order valence-corrected chi connectivity index (χ3v) is 2.88. The van der Waals surface area contributed by atoms with E-state index in [9.17, 15) is 5.11 Å². The number of aromatic nitrogens is 2. The summed E-state index contributed by atoms with van der Waals surface area (Å²) in [4.78, 5) is 0. The molecule has 0 saturated carbocycles. The average Bonchev–Trinajstić information content (AvgIpc) is 2.67. The van der Waals surface area contributed by atoms with Crippen LogP contribution in [0, 0.1) is 6.92 Å². The van der Waals surface area contributed by atoms with Gasteiger partial charge in [-0.05, 0) is 13.0 Å². The van der Waals surface area contributed by atoms with Crippen LogP contribution in [0.25, 0.3) is 0 Å². The smallest absolute Gasteiger partial charge is 0.162 e. The second-order valence-corrected chi connectivity index (χ2v) is 4.12. The number of hydrogen-bond donors (Lipinski definition) is 2. The van der Waals surface area contributed by atoms with Gasteiger partial charge in [-0.1, -0.05) is 12.1 Å². The van der Waals surface area contributed by atoms with Gasteiger partial charge in [0.1, 0.15) is 5.82 Å². The molecule has 1 aromatic carbocycles. The Kier molecular flexibility index (Phi) is 3.41. The van der Waals surface area contributed by atoms with Crippen molar-refractivity contribution in [1.82, 2.24) is 9.78 Å². The fourth-order valence-electron chi connectivity index (χ4n) is 1.71. The molecule has 0 aliphatic carbocycles. The summed E-state index contributed by atoms with van der Waals surface area (Å²) in [5.74, 6) is 1.43. The molecule has 0 fully saturated rings. The van der Waals surface area contributed by atoms with Crippen molar-refractivity contribution in [2.75, 3.05) is 12.4 Å². The van der Waals surface area contributed by atoms with Crippen LogP contribution in [-0.2, 0) is 13.6 Å².